The van der Waals surface area contributed by atoms with Crippen LogP contribution in [0.5, 0.6) is 5.75 Å². The topological polar surface area (TPSA) is 42.6 Å². The predicted octanol–water partition coefficient (Wildman–Crippen LogP) is 2.70. The van der Waals surface area contributed by atoms with Crippen LogP contribution in [-0.4, -0.2) is 5.11 Å². The van der Waals surface area contributed by atoms with E-state index in [1.54, 1.807) is 0 Å². The van der Waals surface area contributed by atoms with E-state index in [1.165, 1.54) is 12.3 Å². The molecule has 2 aromatic rings. The average Bonchev–Trinajstić information content (AvgIpc) is 2.66. The lowest BCUT2D eigenvalue weighted by Crippen LogP contribution is -1.92. The molecule has 2 rings (SSSR count). The van der Waals surface area contributed by atoms with Crippen molar-refractivity contribution in [3.63, 3.8) is 0 Å². The fourth-order valence-corrected chi connectivity index (χ4v) is 1.28. The number of hydrogen-bond donors (Lipinski definition) is 1. The van der Waals surface area contributed by atoms with Crippen molar-refractivity contribution in [2.45, 2.75) is 13.2 Å². The maximum absolute atomic E-state index is 9.27. The minimum atomic E-state index is 0.142. The highest BCUT2D eigenvalue weighted by atomic mass is 16.5. The molecule has 78 valence electrons. The molecule has 0 amide bonds. The van der Waals surface area contributed by atoms with Gasteiger partial charge in [0.15, 0.2) is 11.5 Å². The van der Waals surface area contributed by atoms with Crippen LogP contribution in [0.4, 0.5) is 0 Å². The van der Waals surface area contributed by atoms with Gasteiger partial charge in [0.1, 0.15) is 6.61 Å². The Balaban J connectivity index is 1.83. The summed E-state index contributed by atoms with van der Waals surface area (Å²) in [6, 6.07) is 11.4. The molecule has 3 nitrogen and oxygen atoms in total. The van der Waals surface area contributed by atoms with Gasteiger partial charge in [-0.3, -0.25) is 0 Å². The normalized spacial score (nSPS) is 10.4. The maximum Gasteiger partial charge on any atom is 0.170 e. The van der Waals surface area contributed by atoms with Gasteiger partial charge < -0.3 is 14.3 Å². The van der Waals surface area contributed by atoms with Gasteiger partial charge in [-0.2, -0.15) is 0 Å². The molecule has 0 aliphatic rings. The van der Waals surface area contributed by atoms with Gasteiger partial charge in [0.25, 0.3) is 0 Å². The molecular weight excluding hydrogens is 192 g/mol. The highest BCUT2D eigenvalue weighted by molar-refractivity contribution is 5.21. The van der Waals surface area contributed by atoms with Crippen LogP contribution in [0.3, 0.4) is 0 Å². The highest BCUT2D eigenvalue weighted by Crippen LogP contribution is 2.18. The first-order chi connectivity index (χ1) is 7.36. The van der Waals surface area contributed by atoms with Gasteiger partial charge >= 0.3 is 0 Å². The Kier molecular flexibility index (Phi) is 3.05. The third-order valence-electron chi connectivity index (χ3n) is 2.07. The van der Waals surface area contributed by atoms with Gasteiger partial charge in [-0.05, 0) is 5.56 Å². The summed E-state index contributed by atoms with van der Waals surface area (Å²) in [5, 5.41) is 9.27. The second kappa shape index (κ2) is 4.66. The Morgan fingerprint density at radius 1 is 1.07 bits per heavy atom. The Hall–Kier alpha value is -1.74. The summed E-state index contributed by atoms with van der Waals surface area (Å²) in [5.41, 5.74) is 1.10. The number of benzene rings is 1. The van der Waals surface area contributed by atoms with Crippen molar-refractivity contribution in [2.75, 3.05) is 0 Å². The molecule has 0 saturated heterocycles. The second-order valence-electron chi connectivity index (χ2n) is 3.21. The molecule has 0 fully saturated rings. The molecule has 0 atom stereocenters. The number of hydrogen-bond acceptors (Lipinski definition) is 3. The monoisotopic (exact) mass is 204 g/mol. The molecule has 0 saturated carbocycles. The summed E-state index contributed by atoms with van der Waals surface area (Å²) < 4.78 is 10.4. The predicted molar refractivity (Wildman–Crippen MR) is 55.3 cm³/mol. The van der Waals surface area contributed by atoms with Crippen LogP contribution in [-0.2, 0) is 18.0 Å². The van der Waals surface area contributed by atoms with E-state index in [0.717, 1.165) is 5.56 Å². The lowest BCUT2D eigenvalue weighted by molar-refractivity contribution is 0.0908. The standard InChI is InChI=1S/C12H12O3/c13-11-6-7-15-12(11)9-14-8-10-4-2-1-3-5-10/h1-7,13H,8-9H2. The Morgan fingerprint density at radius 2 is 1.87 bits per heavy atom. The number of rotatable bonds is 4. The first kappa shape index (κ1) is 9.80. The van der Waals surface area contributed by atoms with E-state index in [0.29, 0.717) is 12.4 Å². The first-order valence-corrected chi connectivity index (χ1v) is 4.73. The fraction of sp³-hybridized carbons (Fsp3) is 0.167. The molecule has 0 unspecified atom stereocenters. The average molecular weight is 204 g/mol. The molecule has 3 heteroatoms. The summed E-state index contributed by atoms with van der Waals surface area (Å²) in [6.07, 6.45) is 1.44. The summed E-state index contributed by atoms with van der Waals surface area (Å²) in [7, 11) is 0. The van der Waals surface area contributed by atoms with Gasteiger partial charge in [0.2, 0.25) is 0 Å². The van der Waals surface area contributed by atoms with Crippen molar-refractivity contribution in [3.05, 3.63) is 54.0 Å². The van der Waals surface area contributed by atoms with E-state index in [9.17, 15) is 5.11 Å². The lowest BCUT2D eigenvalue weighted by Gasteiger charge is -2.02. The number of aromatic hydroxyl groups is 1. The number of ether oxygens (including phenoxy) is 1. The van der Waals surface area contributed by atoms with Gasteiger partial charge in [0.05, 0.1) is 12.9 Å². The molecule has 0 bridgehead atoms. The Labute approximate surface area is 87.9 Å². The Bertz CT molecular complexity index is 406. The van der Waals surface area contributed by atoms with Gasteiger partial charge in [-0.25, -0.2) is 0 Å². The van der Waals surface area contributed by atoms with E-state index in [1.807, 2.05) is 30.3 Å². The summed E-state index contributed by atoms with van der Waals surface area (Å²) in [4.78, 5) is 0. The molecule has 0 spiro atoms. The zero-order valence-corrected chi connectivity index (χ0v) is 8.22. The van der Waals surface area contributed by atoms with Crippen LogP contribution < -0.4 is 0 Å². The smallest absolute Gasteiger partial charge is 0.170 e. The summed E-state index contributed by atoms with van der Waals surface area (Å²) >= 11 is 0. The van der Waals surface area contributed by atoms with Crippen molar-refractivity contribution < 1.29 is 14.3 Å². The minimum absolute atomic E-state index is 0.142. The van der Waals surface area contributed by atoms with Crippen LogP contribution in [0.1, 0.15) is 11.3 Å². The van der Waals surface area contributed by atoms with Crippen molar-refractivity contribution in [2.24, 2.45) is 0 Å². The van der Waals surface area contributed by atoms with Gasteiger partial charge in [-0.15, -0.1) is 0 Å². The minimum Gasteiger partial charge on any atom is -0.504 e. The molecular formula is C12H12O3. The maximum atomic E-state index is 9.27. The first-order valence-electron chi connectivity index (χ1n) is 4.73. The van der Waals surface area contributed by atoms with Gasteiger partial charge in [0, 0.05) is 6.07 Å². The van der Waals surface area contributed by atoms with Crippen LogP contribution >= 0.6 is 0 Å². The number of furan rings is 1. The molecule has 1 aromatic heterocycles. The van der Waals surface area contributed by atoms with E-state index in [4.69, 9.17) is 9.15 Å². The van der Waals surface area contributed by atoms with Crippen LogP contribution in [0.2, 0.25) is 0 Å². The van der Waals surface area contributed by atoms with E-state index in [2.05, 4.69) is 0 Å². The van der Waals surface area contributed by atoms with E-state index < -0.39 is 0 Å². The lowest BCUT2D eigenvalue weighted by atomic mass is 10.2. The van der Waals surface area contributed by atoms with Crippen LogP contribution in [0, 0.1) is 0 Å². The third-order valence-corrected chi connectivity index (χ3v) is 2.07. The largest absolute Gasteiger partial charge is 0.504 e. The van der Waals surface area contributed by atoms with Crippen molar-refractivity contribution in [1.29, 1.82) is 0 Å². The Morgan fingerprint density at radius 3 is 2.53 bits per heavy atom. The van der Waals surface area contributed by atoms with Gasteiger partial charge in [-0.1, -0.05) is 30.3 Å². The van der Waals surface area contributed by atoms with Crippen molar-refractivity contribution in [3.8, 4) is 5.75 Å². The fourth-order valence-electron chi connectivity index (χ4n) is 1.28. The molecule has 0 aliphatic carbocycles. The molecule has 1 aromatic carbocycles. The molecule has 0 radical (unpaired) electrons. The molecule has 0 aliphatic heterocycles. The molecule has 1 heterocycles. The van der Waals surface area contributed by atoms with E-state index in [-0.39, 0.29) is 12.4 Å². The van der Waals surface area contributed by atoms with Crippen molar-refractivity contribution >= 4 is 0 Å². The zero-order chi connectivity index (χ0) is 10.5. The highest BCUT2D eigenvalue weighted by Gasteiger charge is 2.03. The van der Waals surface area contributed by atoms with Crippen LogP contribution in [0.15, 0.2) is 47.1 Å². The SMILES string of the molecule is Oc1ccoc1COCc1ccccc1. The van der Waals surface area contributed by atoms with E-state index >= 15 is 0 Å². The molecule has 1 N–H and O–H groups in total. The summed E-state index contributed by atoms with van der Waals surface area (Å²) in [6.45, 7) is 0.800. The van der Waals surface area contributed by atoms with Crippen LogP contribution in [0.25, 0.3) is 0 Å². The third kappa shape index (κ3) is 2.60. The quantitative estimate of drug-likeness (QED) is 0.832. The zero-order valence-electron chi connectivity index (χ0n) is 8.22. The second-order valence-corrected chi connectivity index (χ2v) is 3.21. The molecule has 15 heavy (non-hydrogen) atoms. The summed E-state index contributed by atoms with van der Waals surface area (Å²) in [5.74, 6) is 0.606. The van der Waals surface area contributed by atoms with Crippen molar-refractivity contribution in [1.82, 2.24) is 0 Å².